The molecular weight excluding hydrogens is 320 g/mol. The molecule has 0 aliphatic heterocycles. The maximum Gasteiger partial charge on any atom is 0.141 e. The Hall–Kier alpha value is -1.52. The molecule has 0 aromatic heterocycles. The molecule has 0 atom stereocenters. The number of benzene rings is 2. The summed E-state index contributed by atoms with van der Waals surface area (Å²) in [5.74, 6) is 0.0906. The first-order chi connectivity index (χ1) is 9.47. The number of hydrogen-bond donors (Lipinski definition) is 2. The number of aromatic hydroxyl groups is 2. The van der Waals surface area contributed by atoms with Gasteiger partial charge in [0.15, 0.2) is 0 Å². The van der Waals surface area contributed by atoms with Crippen molar-refractivity contribution >= 4 is 15.9 Å². The van der Waals surface area contributed by atoms with E-state index in [0.717, 1.165) is 22.3 Å². The molecule has 2 aromatic carbocycles. The van der Waals surface area contributed by atoms with Crippen LogP contribution in [-0.2, 0) is 11.3 Å². The summed E-state index contributed by atoms with van der Waals surface area (Å²) in [6.45, 7) is 4.40. The molecule has 0 heterocycles. The van der Waals surface area contributed by atoms with Crippen LogP contribution in [0, 0.1) is 13.8 Å². The molecule has 4 heteroatoms. The zero-order valence-electron chi connectivity index (χ0n) is 11.7. The SMILES string of the molecule is COCc1ccc(C)c(C)c1-c1c(O)ccc(Br)c1O. The first-order valence-electron chi connectivity index (χ1n) is 6.26. The van der Waals surface area contributed by atoms with Gasteiger partial charge in [0.25, 0.3) is 0 Å². The Morgan fingerprint density at radius 3 is 2.40 bits per heavy atom. The molecule has 0 bridgehead atoms. The minimum Gasteiger partial charge on any atom is -0.507 e. The molecule has 2 N–H and O–H groups in total. The van der Waals surface area contributed by atoms with Crippen LogP contribution in [0.4, 0.5) is 0 Å². The van der Waals surface area contributed by atoms with Gasteiger partial charge in [-0.15, -0.1) is 0 Å². The molecule has 0 unspecified atom stereocenters. The minimum atomic E-state index is 0.0380. The summed E-state index contributed by atoms with van der Waals surface area (Å²) in [6, 6.07) is 7.16. The van der Waals surface area contributed by atoms with Crippen LogP contribution in [0.5, 0.6) is 11.5 Å². The van der Waals surface area contributed by atoms with Crippen molar-refractivity contribution < 1.29 is 14.9 Å². The summed E-state index contributed by atoms with van der Waals surface area (Å²) in [5, 5.41) is 20.4. The Morgan fingerprint density at radius 1 is 1.05 bits per heavy atom. The number of methoxy groups -OCH3 is 1. The van der Waals surface area contributed by atoms with Crippen molar-refractivity contribution in [3.05, 3.63) is 45.4 Å². The van der Waals surface area contributed by atoms with E-state index < -0.39 is 0 Å². The van der Waals surface area contributed by atoms with Gasteiger partial charge in [-0.05, 0) is 64.2 Å². The molecule has 106 valence electrons. The Bertz CT molecular complexity index is 651. The van der Waals surface area contributed by atoms with E-state index in [-0.39, 0.29) is 11.5 Å². The van der Waals surface area contributed by atoms with Crippen LogP contribution in [0.2, 0.25) is 0 Å². The fourth-order valence-electron chi connectivity index (χ4n) is 2.30. The Labute approximate surface area is 127 Å². The van der Waals surface area contributed by atoms with Crippen LogP contribution in [-0.4, -0.2) is 17.3 Å². The van der Waals surface area contributed by atoms with Crippen LogP contribution in [0.15, 0.2) is 28.7 Å². The fourth-order valence-corrected chi connectivity index (χ4v) is 2.63. The molecule has 0 aliphatic carbocycles. The second kappa shape index (κ2) is 5.85. The predicted molar refractivity (Wildman–Crippen MR) is 83.1 cm³/mol. The van der Waals surface area contributed by atoms with Crippen molar-refractivity contribution in [1.82, 2.24) is 0 Å². The average Bonchev–Trinajstić information content (AvgIpc) is 2.42. The third kappa shape index (κ3) is 2.53. The van der Waals surface area contributed by atoms with E-state index in [2.05, 4.69) is 15.9 Å². The highest BCUT2D eigenvalue weighted by atomic mass is 79.9. The zero-order chi connectivity index (χ0) is 14.9. The van der Waals surface area contributed by atoms with Crippen molar-refractivity contribution in [2.24, 2.45) is 0 Å². The quantitative estimate of drug-likeness (QED) is 0.878. The maximum absolute atomic E-state index is 10.3. The van der Waals surface area contributed by atoms with Crippen molar-refractivity contribution in [3.63, 3.8) is 0 Å². The van der Waals surface area contributed by atoms with Gasteiger partial charge in [0, 0.05) is 7.11 Å². The minimum absolute atomic E-state index is 0.0380. The third-order valence-corrected chi connectivity index (χ3v) is 4.12. The lowest BCUT2D eigenvalue weighted by Gasteiger charge is -2.17. The van der Waals surface area contributed by atoms with Gasteiger partial charge in [-0.25, -0.2) is 0 Å². The molecule has 0 radical (unpaired) electrons. The largest absolute Gasteiger partial charge is 0.507 e. The predicted octanol–water partition coefficient (Wildman–Crippen LogP) is 4.29. The molecule has 3 nitrogen and oxygen atoms in total. The summed E-state index contributed by atoms with van der Waals surface area (Å²) in [4.78, 5) is 0. The summed E-state index contributed by atoms with van der Waals surface area (Å²) in [7, 11) is 1.62. The molecular formula is C16H17BrO3. The molecule has 0 spiro atoms. The molecule has 0 amide bonds. The third-order valence-electron chi connectivity index (χ3n) is 3.48. The van der Waals surface area contributed by atoms with E-state index in [0.29, 0.717) is 16.6 Å². The van der Waals surface area contributed by atoms with Gasteiger partial charge in [0.2, 0.25) is 0 Å². The van der Waals surface area contributed by atoms with E-state index in [4.69, 9.17) is 4.74 Å². The van der Waals surface area contributed by atoms with Crippen LogP contribution in [0.3, 0.4) is 0 Å². The second-order valence-corrected chi connectivity index (χ2v) is 5.62. The van der Waals surface area contributed by atoms with Crippen molar-refractivity contribution in [1.29, 1.82) is 0 Å². The zero-order valence-corrected chi connectivity index (χ0v) is 13.3. The van der Waals surface area contributed by atoms with Crippen molar-refractivity contribution in [2.75, 3.05) is 7.11 Å². The van der Waals surface area contributed by atoms with Gasteiger partial charge in [0.1, 0.15) is 11.5 Å². The van der Waals surface area contributed by atoms with E-state index in [1.807, 2.05) is 26.0 Å². The highest BCUT2D eigenvalue weighted by Crippen LogP contribution is 2.45. The van der Waals surface area contributed by atoms with Crippen LogP contribution < -0.4 is 0 Å². The van der Waals surface area contributed by atoms with E-state index >= 15 is 0 Å². The molecule has 20 heavy (non-hydrogen) atoms. The van der Waals surface area contributed by atoms with Gasteiger partial charge in [-0.2, -0.15) is 0 Å². The number of phenols is 2. The van der Waals surface area contributed by atoms with Crippen molar-refractivity contribution in [2.45, 2.75) is 20.5 Å². The second-order valence-electron chi connectivity index (χ2n) is 4.76. The fraction of sp³-hybridized carbons (Fsp3) is 0.250. The smallest absolute Gasteiger partial charge is 0.141 e. The monoisotopic (exact) mass is 336 g/mol. The lowest BCUT2D eigenvalue weighted by atomic mass is 9.91. The number of aryl methyl sites for hydroxylation is 1. The number of halogens is 1. The standard InChI is InChI=1S/C16H17BrO3/c1-9-4-5-11(8-20-3)14(10(9)2)15-13(18)7-6-12(17)16(15)19/h4-7,18-19H,8H2,1-3H3. The topological polar surface area (TPSA) is 49.7 Å². The van der Waals surface area contributed by atoms with Gasteiger partial charge in [0.05, 0.1) is 16.6 Å². The molecule has 0 saturated heterocycles. The Morgan fingerprint density at radius 2 is 1.75 bits per heavy atom. The number of rotatable bonds is 3. The normalized spacial score (nSPS) is 10.8. The molecule has 0 aliphatic rings. The maximum atomic E-state index is 10.3. The van der Waals surface area contributed by atoms with Gasteiger partial charge < -0.3 is 14.9 Å². The van der Waals surface area contributed by atoms with Gasteiger partial charge in [-0.1, -0.05) is 12.1 Å². The first kappa shape index (κ1) is 14.9. The summed E-state index contributed by atoms with van der Waals surface area (Å²) < 4.78 is 5.77. The van der Waals surface area contributed by atoms with E-state index in [1.165, 1.54) is 0 Å². The Balaban J connectivity index is 2.81. The molecule has 0 saturated carbocycles. The van der Waals surface area contributed by atoms with Crippen molar-refractivity contribution in [3.8, 4) is 22.6 Å². The number of hydrogen-bond acceptors (Lipinski definition) is 3. The van der Waals surface area contributed by atoms with Crippen LogP contribution >= 0.6 is 15.9 Å². The summed E-state index contributed by atoms with van der Waals surface area (Å²) in [6.07, 6.45) is 0. The lowest BCUT2D eigenvalue weighted by Crippen LogP contribution is -1.98. The number of phenolic OH excluding ortho intramolecular Hbond substituents is 2. The van der Waals surface area contributed by atoms with E-state index in [1.54, 1.807) is 19.2 Å². The molecule has 2 rings (SSSR count). The summed E-state index contributed by atoms with van der Waals surface area (Å²) >= 11 is 3.29. The lowest BCUT2D eigenvalue weighted by molar-refractivity contribution is 0.185. The summed E-state index contributed by atoms with van der Waals surface area (Å²) in [5.41, 5.74) is 4.30. The first-order valence-corrected chi connectivity index (χ1v) is 7.05. The average molecular weight is 337 g/mol. The molecule has 0 fully saturated rings. The van der Waals surface area contributed by atoms with Gasteiger partial charge >= 0.3 is 0 Å². The Kier molecular flexibility index (Phi) is 4.35. The van der Waals surface area contributed by atoms with E-state index in [9.17, 15) is 10.2 Å². The van der Waals surface area contributed by atoms with Crippen LogP contribution in [0.25, 0.3) is 11.1 Å². The highest BCUT2D eigenvalue weighted by Gasteiger charge is 2.19. The number of ether oxygens (including phenoxy) is 1. The van der Waals surface area contributed by atoms with Gasteiger partial charge in [-0.3, -0.25) is 0 Å². The van der Waals surface area contributed by atoms with Crippen LogP contribution in [0.1, 0.15) is 16.7 Å². The highest BCUT2D eigenvalue weighted by molar-refractivity contribution is 9.10. The molecule has 2 aromatic rings.